The monoisotopic (exact) mass is 679 g/mol. The molecule has 244 valence electrons. The van der Waals surface area contributed by atoms with E-state index in [1.807, 2.05) is 11.3 Å². The van der Waals surface area contributed by atoms with Crippen molar-refractivity contribution in [1.29, 1.82) is 0 Å². The van der Waals surface area contributed by atoms with Crippen molar-refractivity contribution in [3.05, 3.63) is 200 Å². The number of thiophene rings is 1. The van der Waals surface area contributed by atoms with Gasteiger partial charge in [-0.1, -0.05) is 152 Å². The first kappa shape index (κ1) is 30.4. The first-order valence-corrected chi connectivity index (χ1v) is 18.6. The first-order valence-electron chi connectivity index (χ1n) is 17.8. The summed E-state index contributed by atoms with van der Waals surface area (Å²) in [6, 6.07) is 72.8. The molecule has 0 aliphatic heterocycles. The summed E-state index contributed by atoms with van der Waals surface area (Å²) in [6.07, 6.45) is 0. The first-order chi connectivity index (χ1) is 25.8. The van der Waals surface area contributed by atoms with Crippen LogP contribution in [0.2, 0.25) is 0 Å². The van der Waals surface area contributed by atoms with Crippen LogP contribution in [0.3, 0.4) is 0 Å². The zero-order valence-corrected chi connectivity index (χ0v) is 29.2. The molecular formula is C50H33NS. The fraction of sp³-hybridized carbons (Fsp3) is 0. The largest absolute Gasteiger partial charge is 0.311 e. The Hall–Kier alpha value is -6.48. The Bertz CT molecular complexity index is 2890. The topological polar surface area (TPSA) is 3.24 Å². The van der Waals surface area contributed by atoms with Crippen LogP contribution in [-0.2, 0) is 0 Å². The molecule has 10 aromatic rings. The fourth-order valence-electron chi connectivity index (χ4n) is 7.83. The Morgan fingerprint density at radius 2 is 0.827 bits per heavy atom. The van der Waals surface area contributed by atoms with Gasteiger partial charge in [0, 0.05) is 42.8 Å². The predicted molar refractivity (Wildman–Crippen MR) is 225 cm³/mol. The van der Waals surface area contributed by atoms with Gasteiger partial charge in [-0.2, -0.15) is 0 Å². The van der Waals surface area contributed by atoms with Crippen molar-refractivity contribution in [2.24, 2.45) is 0 Å². The SMILES string of the molecule is c1ccc(N(c2ccc(-c3ccccc3-c3cccc4c3sc3ccccc34)cc2)c2ccc(-c3cc4ccccc4c4ccccc34)cc2)cc1. The Labute approximate surface area is 307 Å². The molecule has 1 aromatic heterocycles. The molecule has 0 saturated carbocycles. The van der Waals surface area contributed by atoms with E-state index in [4.69, 9.17) is 0 Å². The minimum atomic E-state index is 1.11. The lowest BCUT2D eigenvalue weighted by molar-refractivity contribution is 1.28. The number of nitrogens with zero attached hydrogens (tertiary/aromatic N) is 1. The molecule has 0 radical (unpaired) electrons. The maximum absolute atomic E-state index is 2.34. The average molecular weight is 680 g/mol. The van der Waals surface area contributed by atoms with Crippen molar-refractivity contribution in [1.82, 2.24) is 0 Å². The van der Waals surface area contributed by atoms with Gasteiger partial charge >= 0.3 is 0 Å². The van der Waals surface area contributed by atoms with Gasteiger partial charge in [-0.3, -0.25) is 0 Å². The number of fused-ring (bicyclic) bond motifs is 6. The van der Waals surface area contributed by atoms with Crippen LogP contribution >= 0.6 is 11.3 Å². The summed E-state index contributed by atoms with van der Waals surface area (Å²) in [5.74, 6) is 0. The highest BCUT2D eigenvalue weighted by molar-refractivity contribution is 7.26. The number of para-hydroxylation sites is 1. The van der Waals surface area contributed by atoms with Crippen LogP contribution in [0.15, 0.2) is 200 Å². The molecule has 0 aliphatic carbocycles. The van der Waals surface area contributed by atoms with Crippen LogP contribution in [0.5, 0.6) is 0 Å². The van der Waals surface area contributed by atoms with E-state index in [9.17, 15) is 0 Å². The van der Waals surface area contributed by atoms with Crippen LogP contribution in [0.4, 0.5) is 17.1 Å². The predicted octanol–water partition coefficient (Wildman–Crippen LogP) is 14.8. The highest BCUT2D eigenvalue weighted by Crippen LogP contribution is 2.44. The fourth-order valence-corrected chi connectivity index (χ4v) is 9.06. The van der Waals surface area contributed by atoms with E-state index in [2.05, 4.69) is 205 Å². The molecule has 0 unspecified atom stereocenters. The molecule has 0 atom stereocenters. The number of hydrogen-bond donors (Lipinski definition) is 0. The van der Waals surface area contributed by atoms with Gasteiger partial charge in [0.25, 0.3) is 0 Å². The van der Waals surface area contributed by atoms with Gasteiger partial charge in [0.05, 0.1) is 0 Å². The zero-order valence-electron chi connectivity index (χ0n) is 28.4. The molecule has 0 fully saturated rings. The molecule has 0 N–H and O–H groups in total. The van der Waals surface area contributed by atoms with Gasteiger partial charge in [0.1, 0.15) is 0 Å². The molecule has 52 heavy (non-hydrogen) atoms. The Morgan fingerprint density at radius 1 is 0.308 bits per heavy atom. The number of benzene rings is 9. The molecule has 9 aromatic carbocycles. The third-order valence-corrected chi connectivity index (χ3v) is 11.5. The van der Waals surface area contributed by atoms with Crippen molar-refractivity contribution in [2.75, 3.05) is 4.90 Å². The maximum Gasteiger partial charge on any atom is 0.0462 e. The van der Waals surface area contributed by atoms with Gasteiger partial charge in [-0.15, -0.1) is 11.3 Å². The highest BCUT2D eigenvalue weighted by Gasteiger charge is 2.17. The Kier molecular flexibility index (Phi) is 7.41. The molecule has 1 nitrogen and oxygen atoms in total. The molecule has 0 aliphatic rings. The summed E-state index contributed by atoms with van der Waals surface area (Å²) in [5.41, 5.74) is 10.8. The van der Waals surface area contributed by atoms with E-state index in [1.165, 1.54) is 75.1 Å². The second-order valence-electron chi connectivity index (χ2n) is 13.3. The van der Waals surface area contributed by atoms with Crippen LogP contribution in [0.25, 0.3) is 75.1 Å². The van der Waals surface area contributed by atoms with Gasteiger partial charge < -0.3 is 4.90 Å². The minimum Gasteiger partial charge on any atom is -0.311 e. The highest BCUT2D eigenvalue weighted by atomic mass is 32.1. The van der Waals surface area contributed by atoms with Crippen LogP contribution in [-0.4, -0.2) is 0 Å². The van der Waals surface area contributed by atoms with E-state index < -0.39 is 0 Å². The zero-order chi connectivity index (χ0) is 34.4. The minimum absolute atomic E-state index is 1.11. The van der Waals surface area contributed by atoms with Crippen molar-refractivity contribution < 1.29 is 0 Å². The van der Waals surface area contributed by atoms with Gasteiger partial charge in [-0.05, 0) is 97.9 Å². The smallest absolute Gasteiger partial charge is 0.0462 e. The summed E-state index contributed by atoms with van der Waals surface area (Å²) in [4.78, 5) is 2.34. The third kappa shape index (κ3) is 5.16. The third-order valence-electron chi connectivity index (χ3n) is 10.3. The molecule has 0 spiro atoms. The summed E-state index contributed by atoms with van der Waals surface area (Å²) in [7, 11) is 0. The number of anilines is 3. The second-order valence-corrected chi connectivity index (χ2v) is 14.3. The lowest BCUT2D eigenvalue weighted by Crippen LogP contribution is -2.09. The summed E-state index contributed by atoms with van der Waals surface area (Å²) in [6.45, 7) is 0. The molecule has 0 amide bonds. The summed E-state index contributed by atoms with van der Waals surface area (Å²) < 4.78 is 2.66. The Balaban J connectivity index is 1.04. The standard InChI is InChI=1S/C50H33NS/c1-2-14-37(15-3-1)51(39-31-27-35(28-32-39)48-33-36-13-4-5-17-41(36)42-18-8-9-20-44(42)48)38-29-25-34(26-30-38)40-16-6-7-19-43(40)46-22-12-23-47-45-21-10-11-24-49(45)52-50(46)47/h1-33H. The van der Waals surface area contributed by atoms with Crippen LogP contribution < -0.4 is 4.90 Å². The quantitative estimate of drug-likeness (QED) is 0.158. The van der Waals surface area contributed by atoms with E-state index in [-0.39, 0.29) is 0 Å². The summed E-state index contributed by atoms with van der Waals surface area (Å²) >= 11 is 1.88. The maximum atomic E-state index is 2.34. The lowest BCUT2D eigenvalue weighted by atomic mass is 9.93. The normalized spacial score (nSPS) is 11.5. The Morgan fingerprint density at radius 3 is 1.58 bits per heavy atom. The average Bonchev–Trinajstić information content (AvgIpc) is 3.61. The molecular weight excluding hydrogens is 647 g/mol. The van der Waals surface area contributed by atoms with Gasteiger partial charge in [0.15, 0.2) is 0 Å². The molecule has 1 heterocycles. The number of rotatable bonds is 6. The van der Waals surface area contributed by atoms with Crippen molar-refractivity contribution >= 4 is 70.1 Å². The van der Waals surface area contributed by atoms with Crippen LogP contribution in [0, 0.1) is 0 Å². The van der Waals surface area contributed by atoms with E-state index in [0.29, 0.717) is 0 Å². The number of hydrogen-bond acceptors (Lipinski definition) is 2. The molecule has 0 bridgehead atoms. The second kappa shape index (κ2) is 12.7. The molecule has 2 heteroatoms. The van der Waals surface area contributed by atoms with Gasteiger partial charge in [0.2, 0.25) is 0 Å². The lowest BCUT2D eigenvalue weighted by Gasteiger charge is -2.26. The van der Waals surface area contributed by atoms with E-state index >= 15 is 0 Å². The molecule has 10 rings (SSSR count). The van der Waals surface area contributed by atoms with Crippen molar-refractivity contribution in [3.63, 3.8) is 0 Å². The van der Waals surface area contributed by atoms with Crippen molar-refractivity contribution in [3.8, 4) is 33.4 Å². The van der Waals surface area contributed by atoms with E-state index in [1.54, 1.807) is 0 Å². The summed E-state index contributed by atoms with van der Waals surface area (Å²) in [5, 5.41) is 7.75. The molecule has 0 saturated heterocycles. The van der Waals surface area contributed by atoms with Crippen molar-refractivity contribution in [2.45, 2.75) is 0 Å². The van der Waals surface area contributed by atoms with Crippen LogP contribution in [0.1, 0.15) is 0 Å². The van der Waals surface area contributed by atoms with Gasteiger partial charge in [-0.25, -0.2) is 0 Å². The van der Waals surface area contributed by atoms with E-state index in [0.717, 1.165) is 17.1 Å².